The van der Waals surface area contributed by atoms with Gasteiger partial charge in [0.05, 0.1) is 0 Å². The number of aromatic nitrogens is 2. The third kappa shape index (κ3) is 3.79. The molecule has 0 radical (unpaired) electrons. The average molecular weight is 274 g/mol. The molecule has 19 heavy (non-hydrogen) atoms. The van der Waals surface area contributed by atoms with E-state index in [0.717, 1.165) is 37.9 Å². The minimum absolute atomic E-state index is 0.0581. The van der Waals surface area contributed by atoms with E-state index < -0.39 is 11.9 Å². The molecule has 1 aliphatic carbocycles. The monoisotopic (exact) mass is 274 g/mol. The lowest BCUT2D eigenvalue weighted by atomic mass is 9.91. The van der Waals surface area contributed by atoms with Crippen molar-refractivity contribution in [1.82, 2.24) is 15.3 Å². The number of hydrogen-bond acceptors (Lipinski definition) is 4. The lowest BCUT2D eigenvalue weighted by Crippen LogP contribution is -2.35. The van der Waals surface area contributed by atoms with Crippen LogP contribution in [0.4, 0.5) is 19.1 Å². The van der Waals surface area contributed by atoms with Crippen molar-refractivity contribution in [3.8, 4) is 0 Å². The number of nitrogens with zero attached hydrogens (tertiary/aromatic N) is 2. The van der Waals surface area contributed by atoms with Crippen LogP contribution >= 0.6 is 0 Å². The molecule has 7 heteroatoms. The molecule has 0 aliphatic heterocycles. The van der Waals surface area contributed by atoms with Gasteiger partial charge in [0.25, 0.3) is 0 Å². The van der Waals surface area contributed by atoms with Crippen LogP contribution in [0.25, 0.3) is 0 Å². The van der Waals surface area contributed by atoms with Gasteiger partial charge in [0.15, 0.2) is 0 Å². The van der Waals surface area contributed by atoms with Crippen molar-refractivity contribution >= 4 is 5.95 Å². The molecule has 2 rings (SSSR count). The minimum atomic E-state index is -4.43. The first-order chi connectivity index (χ1) is 8.99. The fraction of sp³-hybridized carbons (Fsp3) is 0.667. The highest BCUT2D eigenvalue weighted by molar-refractivity contribution is 5.27. The van der Waals surface area contributed by atoms with Crippen LogP contribution in [0.3, 0.4) is 0 Å². The van der Waals surface area contributed by atoms with E-state index in [9.17, 15) is 13.2 Å². The van der Waals surface area contributed by atoms with Gasteiger partial charge in [-0.3, -0.25) is 0 Å². The summed E-state index contributed by atoms with van der Waals surface area (Å²) in [4.78, 5) is 7.36. The van der Waals surface area contributed by atoms with E-state index in [4.69, 9.17) is 0 Å². The molecule has 1 aliphatic rings. The SMILES string of the molecule is CNC1CCC(Nc2nccc(C(F)(F)F)n2)CC1. The van der Waals surface area contributed by atoms with Gasteiger partial charge < -0.3 is 10.6 Å². The molecule has 0 spiro atoms. The fourth-order valence-corrected chi connectivity index (χ4v) is 2.30. The Hall–Kier alpha value is -1.37. The summed E-state index contributed by atoms with van der Waals surface area (Å²) in [6.45, 7) is 0. The van der Waals surface area contributed by atoms with E-state index in [2.05, 4.69) is 20.6 Å². The zero-order valence-corrected chi connectivity index (χ0v) is 10.7. The molecule has 1 aromatic rings. The van der Waals surface area contributed by atoms with Gasteiger partial charge in [0.1, 0.15) is 5.69 Å². The van der Waals surface area contributed by atoms with Crippen molar-refractivity contribution in [1.29, 1.82) is 0 Å². The van der Waals surface area contributed by atoms with Gasteiger partial charge in [-0.05, 0) is 38.8 Å². The second-order valence-electron chi connectivity index (χ2n) is 4.74. The second-order valence-corrected chi connectivity index (χ2v) is 4.74. The second kappa shape index (κ2) is 5.73. The molecule has 1 fully saturated rings. The minimum Gasteiger partial charge on any atom is -0.351 e. The van der Waals surface area contributed by atoms with Crippen molar-refractivity contribution in [2.24, 2.45) is 0 Å². The van der Waals surface area contributed by atoms with Crippen molar-refractivity contribution in [3.05, 3.63) is 18.0 Å². The summed E-state index contributed by atoms with van der Waals surface area (Å²) in [5, 5.41) is 6.20. The Kier molecular flexibility index (Phi) is 4.24. The zero-order valence-electron chi connectivity index (χ0n) is 10.7. The van der Waals surface area contributed by atoms with Crippen molar-refractivity contribution in [2.75, 3.05) is 12.4 Å². The van der Waals surface area contributed by atoms with E-state index in [1.54, 1.807) is 0 Å². The number of anilines is 1. The summed E-state index contributed by atoms with van der Waals surface area (Å²) in [7, 11) is 1.92. The molecule has 0 atom stereocenters. The molecule has 4 nitrogen and oxygen atoms in total. The third-order valence-corrected chi connectivity index (χ3v) is 3.41. The lowest BCUT2D eigenvalue weighted by Gasteiger charge is -2.28. The summed E-state index contributed by atoms with van der Waals surface area (Å²) in [5.74, 6) is 0.0581. The Morgan fingerprint density at radius 2 is 1.79 bits per heavy atom. The number of halogens is 3. The predicted molar refractivity (Wildman–Crippen MR) is 65.8 cm³/mol. The topological polar surface area (TPSA) is 49.8 Å². The highest BCUT2D eigenvalue weighted by Gasteiger charge is 2.33. The summed E-state index contributed by atoms with van der Waals surface area (Å²) < 4.78 is 37.6. The Morgan fingerprint density at radius 1 is 1.16 bits per heavy atom. The van der Waals surface area contributed by atoms with E-state index in [1.165, 1.54) is 0 Å². The van der Waals surface area contributed by atoms with Crippen LogP contribution in [0.2, 0.25) is 0 Å². The van der Waals surface area contributed by atoms with Gasteiger partial charge in [0, 0.05) is 18.3 Å². The molecular formula is C12H17F3N4. The standard InChI is InChI=1S/C12H17F3N4/c1-16-8-2-4-9(5-3-8)18-11-17-7-6-10(19-11)12(13,14)15/h6-9,16H,2-5H2,1H3,(H,17,18,19). The Balaban J connectivity index is 1.97. The van der Waals surface area contributed by atoms with Crippen LogP contribution in [0.15, 0.2) is 12.3 Å². The molecule has 0 unspecified atom stereocenters. The first kappa shape index (κ1) is 14.0. The van der Waals surface area contributed by atoms with Crippen LogP contribution in [-0.4, -0.2) is 29.1 Å². The summed E-state index contributed by atoms with van der Waals surface area (Å²) in [6, 6.07) is 1.52. The van der Waals surface area contributed by atoms with Crippen LogP contribution in [-0.2, 0) is 6.18 Å². The van der Waals surface area contributed by atoms with Gasteiger partial charge in [0.2, 0.25) is 5.95 Å². The Morgan fingerprint density at radius 3 is 2.37 bits per heavy atom. The summed E-state index contributed by atoms with van der Waals surface area (Å²) in [6.07, 6.45) is 0.539. The molecule has 106 valence electrons. The molecule has 1 aromatic heterocycles. The molecule has 0 amide bonds. The number of rotatable bonds is 3. The van der Waals surface area contributed by atoms with Crippen molar-refractivity contribution in [2.45, 2.75) is 43.9 Å². The molecule has 0 bridgehead atoms. The number of nitrogens with one attached hydrogen (secondary N) is 2. The Bertz CT molecular complexity index is 414. The van der Waals surface area contributed by atoms with Crippen molar-refractivity contribution in [3.63, 3.8) is 0 Å². The average Bonchev–Trinajstić information content (AvgIpc) is 2.39. The normalized spacial score (nSPS) is 24.2. The quantitative estimate of drug-likeness (QED) is 0.889. The van der Waals surface area contributed by atoms with Crippen LogP contribution in [0, 0.1) is 0 Å². The maximum atomic E-state index is 12.5. The molecule has 2 N–H and O–H groups in total. The first-order valence-electron chi connectivity index (χ1n) is 6.33. The zero-order chi connectivity index (χ0) is 13.9. The highest BCUT2D eigenvalue weighted by Crippen LogP contribution is 2.28. The van der Waals surface area contributed by atoms with Gasteiger partial charge in [-0.2, -0.15) is 13.2 Å². The van der Waals surface area contributed by atoms with E-state index in [1.807, 2.05) is 7.05 Å². The lowest BCUT2D eigenvalue weighted by molar-refractivity contribution is -0.141. The summed E-state index contributed by atoms with van der Waals surface area (Å²) >= 11 is 0. The number of hydrogen-bond donors (Lipinski definition) is 2. The fourth-order valence-electron chi connectivity index (χ4n) is 2.30. The molecule has 1 saturated carbocycles. The van der Waals surface area contributed by atoms with Gasteiger partial charge in [-0.25, -0.2) is 9.97 Å². The molecular weight excluding hydrogens is 257 g/mol. The van der Waals surface area contributed by atoms with Crippen LogP contribution in [0.5, 0.6) is 0 Å². The predicted octanol–water partition coefficient (Wildman–Crippen LogP) is 2.44. The van der Waals surface area contributed by atoms with E-state index in [0.29, 0.717) is 6.04 Å². The van der Waals surface area contributed by atoms with Gasteiger partial charge >= 0.3 is 6.18 Å². The Labute approximate surface area is 109 Å². The highest BCUT2D eigenvalue weighted by atomic mass is 19.4. The largest absolute Gasteiger partial charge is 0.433 e. The molecule has 0 saturated heterocycles. The van der Waals surface area contributed by atoms with Crippen LogP contribution < -0.4 is 10.6 Å². The third-order valence-electron chi connectivity index (χ3n) is 3.41. The molecule has 0 aromatic carbocycles. The maximum absolute atomic E-state index is 12.5. The summed E-state index contributed by atoms with van der Waals surface area (Å²) in [5.41, 5.74) is -0.908. The van der Waals surface area contributed by atoms with E-state index >= 15 is 0 Å². The maximum Gasteiger partial charge on any atom is 0.433 e. The van der Waals surface area contributed by atoms with Crippen molar-refractivity contribution < 1.29 is 13.2 Å². The first-order valence-corrected chi connectivity index (χ1v) is 6.33. The van der Waals surface area contributed by atoms with Gasteiger partial charge in [-0.15, -0.1) is 0 Å². The molecule has 1 heterocycles. The number of alkyl halides is 3. The van der Waals surface area contributed by atoms with Gasteiger partial charge in [-0.1, -0.05) is 0 Å². The van der Waals surface area contributed by atoms with E-state index in [-0.39, 0.29) is 12.0 Å². The van der Waals surface area contributed by atoms with Crippen LogP contribution in [0.1, 0.15) is 31.4 Å². The smallest absolute Gasteiger partial charge is 0.351 e.